The summed E-state index contributed by atoms with van der Waals surface area (Å²) in [6.07, 6.45) is -5.26. The Kier molecular flexibility index (Phi) is 6.09. The Morgan fingerprint density at radius 2 is 1.65 bits per heavy atom. The van der Waals surface area contributed by atoms with E-state index in [0.717, 1.165) is 0 Å². The van der Waals surface area contributed by atoms with Gasteiger partial charge >= 0.3 is 6.18 Å². The molecular weight excluding hydrogens is 277 g/mol. The van der Waals surface area contributed by atoms with Gasteiger partial charge in [0.15, 0.2) is 0 Å². The van der Waals surface area contributed by atoms with E-state index >= 15 is 0 Å². The molecule has 0 aliphatic rings. The van der Waals surface area contributed by atoms with Gasteiger partial charge in [-0.15, -0.1) is 0 Å². The van der Waals surface area contributed by atoms with Crippen LogP contribution in [0.1, 0.15) is 18.1 Å². The minimum absolute atomic E-state index is 0.0480. The van der Waals surface area contributed by atoms with Crippen molar-refractivity contribution in [1.29, 1.82) is 0 Å². The lowest BCUT2D eigenvalue weighted by molar-refractivity contribution is -0.175. The molecule has 114 valence electrons. The third-order valence-electron chi connectivity index (χ3n) is 2.56. The Labute approximate surface area is 115 Å². The maximum Gasteiger partial charge on any atom is 0.411 e. The molecule has 1 unspecified atom stereocenters. The van der Waals surface area contributed by atoms with E-state index in [1.807, 2.05) is 0 Å². The fourth-order valence-electron chi connectivity index (χ4n) is 1.57. The van der Waals surface area contributed by atoms with Crippen LogP contribution in [0.15, 0.2) is 18.2 Å². The highest BCUT2D eigenvalue weighted by molar-refractivity contribution is 5.39. The molecular formula is C13H17F3O4. The molecule has 0 bridgehead atoms. The summed E-state index contributed by atoms with van der Waals surface area (Å²) in [7, 11) is 2.94. The number of aliphatic hydroxyl groups is 1. The highest BCUT2D eigenvalue weighted by Gasteiger charge is 2.27. The van der Waals surface area contributed by atoms with Crippen LogP contribution in [0.25, 0.3) is 0 Å². The van der Waals surface area contributed by atoms with E-state index in [2.05, 4.69) is 4.74 Å². The Morgan fingerprint density at radius 3 is 2.10 bits per heavy atom. The molecule has 0 saturated heterocycles. The molecule has 0 fully saturated rings. The Hall–Kier alpha value is -1.47. The van der Waals surface area contributed by atoms with Gasteiger partial charge in [-0.3, -0.25) is 0 Å². The molecule has 0 saturated carbocycles. The molecule has 0 spiro atoms. The number of hydrogen-bond acceptors (Lipinski definition) is 4. The van der Waals surface area contributed by atoms with E-state index in [-0.39, 0.29) is 13.0 Å². The number of alkyl halides is 3. The van der Waals surface area contributed by atoms with Crippen LogP contribution >= 0.6 is 0 Å². The van der Waals surface area contributed by atoms with E-state index in [1.165, 1.54) is 14.2 Å². The lowest BCUT2D eigenvalue weighted by Gasteiger charge is -2.14. The van der Waals surface area contributed by atoms with Crippen LogP contribution in [0.3, 0.4) is 0 Å². The molecule has 0 aromatic heterocycles. The fraction of sp³-hybridized carbons (Fsp3) is 0.538. The van der Waals surface area contributed by atoms with Crippen molar-refractivity contribution in [3.05, 3.63) is 23.8 Å². The van der Waals surface area contributed by atoms with Crippen molar-refractivity contribution in [2.75, 3.05) is 27.4 Å². The van der Waals surface area contributed by atoms with Crippen LogP contribution in [-0.4, -0.2) is 38.7 Å². The predicted octanol–water partition coefficient (Wildman–Crippen LogP) is 2.71. The summed E-state index contributed by atoms with van der Waals surface area (Å²) in [4.78, 5) is 0. The third kappa shape index (κ3) is 5.66. The Morgan fingerprint density at radius 1 is 1.10 bits per heavy atom. The van der Waals surface area contributed by atoms with E-state index in [0.29, 0.717) is 17.1 Å². The molecule has 1 atom stereocenters. The van der Waals surface area contributed by atoms with E-state index < -0.39 is 18.9 Å². The average Bonchev–Trinajstić information content (AvgIpc) is 2.41. The van der Waals surface area contributed by atoms with Gasteiger partial charge in [-0.25, -0.2) is 0 Å². The molecule has 20 heavy (non-hydrogen) atoms. The third-order valence-corrected chi connectivity index (χ3v) is 2.56. The van der Waals surface area contributed by atoms with Gasteiger partial charge < -0.3 is 19.3 Å². The van der Waals surface area contributed by atoms with Crippen LogP contribution in [0, 0.1) is 0 Å². The molecule has 0 aliphatic heterocycles. The van der Waals surface area contributed by atoms with Gasteiger partial charge in [0, 0.05) is 19.1 Å². The van der Waals surface area contributed by atoms with Crippen molar-refractivity contribution in [3.8, 4) is 11.5 Å². The lowest BCUT2D eigenvalue weighted by Crippen LogP contribution is -2.18. The van der Waals surface area contributed by atoms with Crippen molar-refractivity contribution >= 4 is 0 Å². The van der Waals surface area contributed by atoms with Gasteiger partial charge in [0.05, 0.1) is 20.3 Å². The Bertz CT molecular complexity index is 398. The highest BCUT2D eigenvalue weighted by Crippen LogP contribution is 2.28. The van der Waals surface area contributed by atoms with Gasteiger partial charge in [-0.1, -0.05) is 0 Å². The number of hydrogen-bond donors (Lipinski definition) is 1. The number of benzene rings is 1. The maximum atomic E-state index is 11.9. The number of aliphatic hydroxyl groups excluding tert-OH is 1. The van der Waals surface area contributed by atoms with Crippen LogP contribution in [-0.2, 0) is 4.74 Å². The first-order valence-corrected chi connectivity index (χ1v) is 5.91. The molecule has 0 aliphatic carbocycles. The first kappa shape index (κ1) is 16.6. The minimum Gasteiger partial charge on any atom is -0.497 e. The smallest absolute Gasteiger partial charge is 0.411 e. The summed E-state index contributed by atoms with van der Waals surface area (Å²) >= 11 is 0. The zero-order valence-electron chi connectivity index (χ0n) is 11.2. The molecule has 7 heteroatoms. The molecule has 1 rings (SSSR count). The zero-order chi connectivity index (χ0) is 15.2. The van der Waals surface area contributed by atoms with E-state index in [9.17, 15) is 18.3 Å². The van der Waals surface area contributed by atoms with E-state index in [4.69, 9.17) is 9.47 Å². The fourth-order valence-corrected chi connectivity index (χ4v) is 1.57. The quantitative estimate of drug-likeness (QED) is 0.786. The van der Waals surface area contributed by atoms with Crippen molar-refractivity contribution in [3.63, 3.8) is 0 Å². The molecule has 0 amide bonds. The van der Waals surface area contributed by atoms with Gasteiger partial charge in [0.25, 0.3) is 0 Å². The molecule has 1 aromatic rings. The second kappa shape index (κ2) is 7.35. The van der Waals surface area contributed by atoms with Crippen molar-refractivity contribution in [2.24, 2.45) is 0 Å². The SMILES string of the molecule is COc1cc(OC)cc(C(O)CCOCC(F)(F)F)c1. The van der Waals surface area contributed by atoms with Crippen LogP contribution in [0.4, 0.5) is 13.2 Å². The van der Waals surface area contributed by atoms with Gasteiger partial charge in [0.1, 0.15) is 18.1 Å². The van der Waals surface area contributed by atoms with Gasteiger partial charge in [0.2, 0.25) is 0 Å². The standard InChI is InChI=1S/C13H17F3O4/c1-18-10-5-9(6-11(7-10)19-2)12(17)3-4-20-8-13(14,15)16/h5-7,12,17H,3-4,8H2,1-2H3. The zero-order valence-corrected chi connectivity index (χ0v) is 11.2. The van der Waals surface area contributed by atoms with Crippen molar-refractivity contribution in [2.45, 2.75) is 18.7 Å². The maximum absolute atomic E-state index is 11.9. The summed E-state index contributed by atoms with van der Waals surface area (Å²) in [5, 5.41) is 9.92. The normalized spacial score (nSPS) is 13.1. The predicted molar refractivity (Wildman–Crippen MR) is 66.0 cm³/mol. The molecule has 0 heterocycles. The van der Waals surface area contributed by atoms with Crippen LogP contribution in [0.5, 0.6) is 11.5 Å². The summed E-state index contributed by atoms with van der Waals surface area (Å²) in [6.45, 7) is -1.51. The molecule has 1 N–H and O–H groups in total. The highest BCUT2D eigenvalue weighted by atomic mass is 19.4. The van der Waals surface area contributed by atoms with Gasteiger partial charge in [-0.05, 0) is 17.7 Å². The summed E-state index contributed by atoms with van der Waals surface area (Å²) in [5.74, 6) is 0.990. The number of methoxy groups -OCH3 is 2. The summed E-state index contributed by atoms with van der Waals surface area (Å²) in [5.41, 5.74) is 0.497. The monoisotopic (exact) mass is 294 g/mol. The molecule has 0 radical (unpaired) electrons. The minimum atomic E-state index is -4.36. The first-order chi connectivity index (χ1) is 9.35. The number of halogens is 3. The summed E-state index contributed by atoms with van der Waals surface area (Å²) in [6, 6.07) is 4.82. The largest absolute Gasteiger partial charge is 0.497 e. The van der Waals surface area contributed by atoms with Gasteiger partial charge in [-0.2, -0.15) is 13.2 Å². The first-order valence-electron chi connectivity index (χ1n) is 5.91. The second-order valence-corrected chi connectivity index (χ2v) is 4.12. The summed E-state index contributed by atoms with van der Waals surface area (Å²) < 4.78 is 50.2. The molecule has 4 nitrogen and oxygen atoms in total. The number of ether oxygens (including phenoxy) is 3. The Balaban J connectivity index is 2.56. The van der Waals surface area contributed by atoms with Crippen molar-refractivity contribution in [1.82, 2.24) is 0 Å². The van der Waals surface area contributed by atoms with Crippen LogP contribution in [0.2, 0.25) is 0 Å². The number of rotatable bonds is 7. The second-order valence-electron chi connectivity index (χ2n) is 4.12. The topological polar surface area (TPSA) is 47.9 Å². The van der Waals surface area contributed by atoms with Crippen LogP contribution < -0.4 is 9.47 Å². The van der Waals surface area contributed by atoms with E-state index in [1.54, 1.807) is 18.2 Å². The van der Waals surface area contributed by atoms with Crippen molar-refractivity contribution < 1.29 is 32.5 Å². The average molecular weight is 294 g/mol. The lowest BCUT2D eigenvalue weighted by atomic mass is 10.1. The molecule has 1 aromatic carbocycles.